The van der Waals surface area contributed by atoms with E-state index in [2.05, 4.69) is 0 Å². The standard InChI is InChI=1S/2C10H8BN2S2.2C4H8O.Sr/c2*14-9-5-1-3-7-12(9)11-13-8-4-2-6-10(13)15;2*1-2-4-5-3-1;/h2*1-8H;2*1-4H2;/q2*-1;;;+2. The van der Waals surface area contributed by atoms with Gasteiger partial charge >= 0.3 is 45.5 Å². The van der Waals surface area contributed by atoms with Crippen LogP contribution in [0.5, 0.6) is 0 Å². The van der Waals surface area contributed by atoms with E-state index in [1.54, 1.807) is 0 Å². The summed E-state index contributed by atoms with van der Waals surface area (Å²) in [6.07, 6.45) is 12.7. The molecule has 0 atom stereocenters. The molecule has 4 radical (unpaired) electrons. The number of hydrogen-bond acceptors (Lipinski definition) is 6. The van der Waals surface area contributed by atoms with Gasteiger partial charge in [-0.25, -0.2) is 0 Å². The van der Waals surface area contributed by atoms with E-state index >= 15 is 0 Å². The Bertz CT molecular complexity index is 1300. The van der Waals surface area contributed by atoms with E-state index in [-0.39, 0.29) is 45.5 Å². The predicted octanol–water partition coefficient (Wildman–Crippen LogP) is 6.57. The first-order valence-electron chi connectivity index (χ1n) is 13.1. The Morgan fingerprint density at radius 3 is 0.854 bits per heavy atom. The van der Waals surface area contributed by atoms with Gasteiger partial charge in [0.05, 0.1) is 18.6 Å². The maximum absolute atomic E-state index is 5.18. The number of hydrogen-bond donors (Lipinski definition) is 0. The molecular formula is C28H32B2N4O2S4Sr. The summed E-state index contributed by atoms with van der Waals surface area (Å²) in [6.45, 7) is 4.00. The van der Waals surface area contributed by atoms with Crippen molar-refractivity contribution < 1.29 is 9.47 Å². The maximum Gasteiger partial charge on any atom is 2.00 e. The third-order valence-corrected chi connectivity index (χ3v) is 6.94. The molecule has 2 fully saturated rings. The first-order chi connectivity index (χ1) is 19.5. The normalized spacial score (nSPS) is 13.3. The summed E-state index contributed by atoms with van der Waals surface area (Å²) in [4.78, 5) is 0. The maximum atomic E-state index is 5.18. The van der Waals surface area contributed by atoms with Gasteiger partial charge in [-0.1, -0.05) is 88.2 Å². The molecule has 2 saturated heterocycles. The van der Waals surface area contributed by atoms with Gasteiger partial charge in [-0.15, -0.1) is 0 Å². The van der Waals surface area contributed by atoms with Gasteiger partial charge in [0.1, 0.15) is 0 Å². The monoisotopic (exact) mass is 694 g/mol. The van der Waals surface area contributed by atoms with Crippen molar-refractivity contribution in [3.63, 3.8) is 0 Å². The molecule has 6 heterocycles. The number of nitrogens with zero attached hydrogens (tertiary/aromatic N) is 4. The van der Waals surface area contributed by atoms with Gasteiger partial charge in [0.25, 0.3) is 0 Å². The van der Waals surface area contributed by atoms with Gasteiger partial charge < -0.3 is 27.4 Å². The molecule has 0 amide bonds. The van der Waals surface area contributed by atoms with Crippen LogP contribution in [0.2, 0.25) is 0 Å². The van der Waals surface area contributed by atoms with Crippen molar-refractivity contribution >= 4 is 109 Å². The van der Waals surface area contributed by atoms with Crippen molar-refractivity contribution in [2.24, 2.45) is 0 Å². The quantitative estimate of drug-likeness (QED) is 0.178. The van der Waals surface area contributed by atoms with Gasteiger partial charge in [-0.05, 0) is 99.0 Å². The molecular weight excluding hydrogens is 662 g/mol. The Balaban J connectivity index is 0.000000211. The van der Waals surface area contributed by atoms with E-state index in [1.807, 2.05) is 131 Å². The fourth-order valence-corrected chi connectivity index (χ4v) is 4.18. The van der Waals surface area contributed by atoms with Crippen LogP contribution in [0.3, 0.4) is 0 Å². The number of ether oxygens (including phenoxy) is 2. The number of rotatable bonds is 4. The summed E-state index contributed by atoms with van der Waals surface area (Å²) in [6, 6.07) is 22.9. The molecule has 0 unspecified atom stereocenters. The van der Waals surface area contributed by atoms with Crippen molar-refractivity contribution in [2.75, 3.05) is 26.4 Å². The van der Waals surface area contributed by atoms with E-state index in [9.17, 15) is 0 Å². The Morgan fingerprint density at radius 2 is 0.683 bits per heavy atom. The second-order valence-electron chi connectivity index (χ2n) is 8.65. The van der Waals surface area contributed by atoms with Gasteiger partial charge in [0, 0.05) is 26.4 Å². The minimum atomic E-state index is 0. The Kier molecular flexibility index (Phi) is 19.1. The molecule has 4 aromatic rings. The number of pyridine rings is 4. The molecule has 0 bridgehead atoms. The summed E-state index contributed by atoms with van der Waals surface area (Å²) < 4.78 is 20.3. The molecule has 0 aromatic carbocycles. The van der Waals surface area contributed by atoms with Crippen LogP contribution in [0.1, 0.15) is 25.7 Å². The Morgan fingerprint density at radius 1 is 0.439 bits per heavy atom. The van der Waals surface area contributed by atoms with Crippen molar-refractivity contribution in [1.29, 1.82) is 0 Å². The minimum Gasteiger partial charge on any atom is -0.556 e. The van der Waals surface area contributed by atoms with Crippen LogP contribution in [0.15, 0.2) is 97.6 Å². The van der Waals surface area contributed by atoms with Gasteiger partial charge in [-0.2, -0.15) is 0 Å². The van der Waals surface area contributed by atoms with Crippen molar-refractivity contribution in [3.8, 4) is 0 Å². The number of aromatic nitrogens is 4. The molecule has 6 nitrogen and oxygen atoms in total. The smallest absolute Gasteiger partial charge is 0.556 e. The van der Waals surface area contributed by atoms with E-state index < -0.39 is 0 Å². The second kappa shape index (κ2) is 21.7. The van der Waals surface area contributed by atoms with Crippen LogP contribution in [-0.4, -0.2) is 105 Å². The van der Waals surface area contributed by atoms with Gasteiger partial charge in [0.15, 0.2) is 0 Å². The fourth-order valence-electron chi connectivity index (χ4n) is 3.43. The molecule has 6 rings (SSSR count). The third-order valence-electron chi connectivity index (χ3n) is 5.56. The summed E-state index contributed by atoms with van der Waals surface area (Å²) in [5.74, 6) is 0. The van der Waals surface area contributed by atoms with Crippen LogP contribution < -0.4 is 0 Å². The SMILES string of the molecule is C1CCOC1.C1CCOC1.S=c1ccccn1[B-]n1ccccc1=S.S=c1ccccn1[B-]n1ccccc1=S.[Sr+2]. The van der Waals surface area contributed by atoms with E-state index in [0.717, 1.165) is 45.0 Å². The van der Waals surface area contributed by atoms with Crippen molar-refractivity contribution in [2.45, 2.75) is 25.7 Å². The molecule has 0 aliphatic carbocycles. The molecule has 0 saturated carbocycles. The summed E-state index contributed by atoms with van der Waals surface area (Å²) in [5.41, 5.74) is 0. The molecule has 2 aliphatic heterocycles. The molecule has 13 heteroatoms. The largest absolute Gasteiger partial charge is 2.00 e. The molecule has 41 heavy (non-hydrogen) atoms. The topological polar surface area (TPSA) is 38.2 Å². The minimum absolute atomic E-state index is 0. The van der Waals surface area contributed by atoms with Gasteiger partial charge in [-0.3, -0.25) is 0 Å². The Hall–Kier alpha value is -0.990. The molecule has 2 aliphatic rings. The fraction of sp³-hybridized carbons (Fsp3) is 0.286. The molecule has 0 spiro atoms. The molecule has 0 N–H and O–H groups in total. The zero-order chi connectivity index (χ0) is 28.4. The predicted molar refractivity (Wildman–Crippen MR) is 180 cm³/mol. The zero-order valence-electron chi connectivity index (χ0n) is 23.0. The van der Waals surface area contributed by atoms with Crippen molar-refractivity contribution in [3.05, 3.63) is 116 Å². The second-order valence-corrected chi connectivity index (χ2v) is 10.3. The van der Waals surface area contributed by atoms with E-state index in [0.29, 0.717) is 0 Å². The van der Waals surface area contributed by atoms with E-state index in [4.69, 9.17) is 58.3 Å². The van der Waals surface area contributed by atoms with Crippen LogP contribution >= 0.6 is 48.9 Å². The van der Waals surface area contributed by atoms with Crippen LogP contribution in [-0.2, 0) is 9.47 Å². The molecule has 4 aromatic heterocycles. The zero-order valence-corrected chi connectivity index (χ0v) is 29.7. The molecule has 208 valence electrons. The summed E-state index contributed by atoms with van der Waals surface area (Å²) >= 11 is 20.7. The average Bonchev–Trinajstić information content (AvgIpc) is 3.74. The first-order valence-corrected chi connectivity index (χ1v) is 14.7. The Labute approximate surface area is 301 Å². The first kappa shape index (κ1) is 36.2. The van der Waals surface area contributed by atoms with Crippen LogP contribution in [0.4, 0.5) is 0 Å². The average molecular weight is 694 g/mol. The third kappa shape index (κ3) is 14.4. The van der Waals surface area contributed by atoms with Gasteiger partial charge in [0.2, 0.25) is 0 Å². The summed E-state index contributed by atoms with van der Waals surface area (Å²) in [5, 5.41) is 0. The van der Waals surface area contributed by atoms with E-state index in [1.165, 1.54) is 25.7 Å². The van der Waals surface area contributed by atoms with Crippen LogP contribution in [0.25, 0.3) is 0 Å². The summed E-state index contributed by atoms with van der Waals surface area (Å²) in [7, 11) is 3.73. The van der Waals surface area contributed by atoms with Crippen molar-refractivity contribution in [1.82, 2.24) is 17.9 Å². The van der Waals surface area contributed by atoms with Crippen LogP contribution in [0, 0.1) is 18.6 Å².